The monoisotopic (exact) mass is 861 g/mol. The fourth-order valence-electron chi connectivity index (χ4n) is 6.99. The molecule has 9 N–H and O–H groups in total. The van der Waals surface area contributed by atoms with Crippen LogP contribution in [0.25, 0.3) is 34.0 Å². The molecule has 3 aromatic carbocycles. The number of phenolic OH excluding ortho intramolecular Hbond substituents is 2. The Kier molecular flexibility index (Phi) is 13.9. The van der Waals surface area contributed by atoms with Crippen LogP contribution >= 0.6 is 0 Å². The van der Waals surface area contributed by atoms with Gasteiger partial charge in [0, 0.05) is 46.8 Å². The molecule has 16 heteroatoms. The Hall–Kier alpha value is -6.39. The number of phenols is 2. The Bertz CT molecular complexity index is 2500. The van der Waals surface area contributed by atoms with Crippen molar-refractivity contribution in [3.63, 3.8) is 0 Å². The van der Waals surface area contributed by atoms with E-state index in [9.17, 15) is 24.2 Å². The zero-order valence-corrected chi connectivity index (χ0v) is 37.5. The van der Waals surface area contributed by atoms with Crippen LogP contribution in [0.1, 0.15) is 108 Å². The number of aromatic nitrogens is 5. The third-order valence-corrected chi connectivity index (χ3v) is 10.8. The summed E-state index contributed by atoms with van der Waals surface area (Å²) in [6, 6.07) is 14.9. The van der Waals surface area contributed by atoms with Gasteiger partial charge in [-0.15, -0.1) is 10.2 Å². The molecule has 3 heterocycles. The Labute approximate surface area is 367 Å². The number of nitrogens with zero attached hydrogens (tertiary/aromatic N) is 5. The van der Waals surface area contributed by atoms with Crippen molar-refractivity contribution in [1.29, 1.82) is 0 Å². The fraction of sp³-hybridized carbons (Fsp3) is 0.404. The first kappa shape index (κ1) is 46.1. The maximum Gasteiger partial charge on any atom is 0.251 e. The smallest absolute Gasteiger partial charge is 0.251 e. The predicted octanol–water partition coefficient (Wildman–Crippen LogP) is 6.43. The van der Waals surface area contributed by atoms with Gasteiger partial charge in [-0.2, -0.15) is 0 Å². The van der Waals surface area contributed by atoms with Crippen molar-refractivity contribution in [2.75, 3.05) is 19.6 Å². The lowest BCUT2D eigenvalue weighted by molar-refractivity contribution is -0.123. The van der Waals surface area contributed by atoms with Gasteiger partial charge in [-0.1, -0.05) is 61.5 Å². The van der Waals surface area contributed by atoms with Crippen molar-refractivity contribution < 1.29 is 24.2 Å². The number of imidazole rings is 1. The molecular weight excluding hydrogens is 802 g/mol. The van der Waals surface area contributed by atoms with E-state index < -0.39 is 17.4 Å². The SMILES string of the molecule is CCNCc1nnc(-c2cc(C(C)C)c(O)cc2O)n1-c1ccc(C(=O)NC(C)C(=O)NCC(C)(C)CN=C2NC(c3[nH]c(C(C)(C)C)nc3-c3ccc(F)cc3)=CCC2N)cc1. The lowest BCUT2D eigenvalue weighted by Gasteiger charge is -2.27. The van der Waals surface area contributed by atoms with E-state index in [1.54, 1.807) is 54.0 Å². The quantitative estimate of drug-likeness (QED) is 0.0577. The van der Waals surface area contributed by atoms with Crippen LogP contribution in [-0.4, -0.2) is 84.3 Å². The van der Waals surface area contributed by atoms with Crippen molar-refractivity contribution in [3.8, 4) is 39.8 Å². The average molecular weight is 862 g/mol. The van der Waals surface area contributed by atoms with Gasteiger partial charge < -0.3 is 42.2 Å². The van der Waals surface area contributed by atoms with Crippen LogP contribution < -0.4 is 27.0 Å². The maximum absolute atomic E-state index is 13.8. The first-order valence-corrected chi connectivity index (χ1v) is 21.3. The Morgan fingerprint density at radius 2 is 1.70 bits per heavy atom. The standard InChI is InChI=1S/C47H60FN11O4/c1-10-50-23-38-57-58-42(33-21-32(26(2)3)36(60)22-37(33)61)59(38)31-17-13-29(14-18-31)44(63)53-27(4)43(62)52-25-47(8,9)24-51-41-34(49)19-20-35(54-41)40-39(28-11-15-30(48)16-12-28)55-45(56-40)46(5,6)7/h11-18,20-22,26-27,34,50,60-61H,10,19,23-25,49H2,1-9H3,(H,51,54)(H,52,62)(H,53,63)(H,55,56). The predicted molar refractivity (Wildman–Crippen MR) is 244 cm³/mol. The number of carbonyl (C=O) groups is 2. The number of benzene rings is 3. The van der Waals surface area contributed by atoms with Gasteiger partial charge in [0.05, 0.1) is 35.2 Å². The molecule has 0 bridgehead atoms. The summed E-state index contributed by atoms with van der Waals surface area (Å²) in [5, 5.41) is 42.6. The summed E-state index contributed by atoms with van der Waals surface area (Å²) in [7, 11) is 0. The van der Waals surface area contributed by atoms with Crippen molar-refractivity contribution >= 4 is 23.3 Å². The van der Waals surface area contributed by atoms with Crippen LogP contribution in [-0.2, 0) is 16.8 Å². The summed E-state index contributed by atoms with van der Waals surface area (Å²) in [5.41, 5.74) is 10.8. The molecule has 0 aliphatic carbocycles. The number of amides is 2. The highest BCUT2D eigenvalue weighted by molar-refractivity contribution is 5.98. The second-order valence-corrected chi connectivity index (χ2v) is 18.1. The maximum atomic E-state index is 13.8. The first-order valence-electron chi connectivity index (χ1n) is 21.3. The van der Waals surface area contributed by atoms with Gasteiger partial charge >= 0.3 is 0 Å². The van der Waals surface area contributed by atoms with Gasteiger partial charge in [-0.25, -0.2) is 9.37 Å². The molecule has 0 saturated heterocycles. The minimum atomic E-state index is -0.841. The highest BCUT2D eigenvalue weighted by atomic mass is 19.1. The summed E-state index contributed by atoms with van der Waals surface area (Å²) in [6.07, 6.45) is 2.54. The van der Waals surface area contributed by atoms with E-state index in [1.165, 1.54) is 18.2 Å². The summed E-state index contributed by atoms with van der Waals surface area (Å²) >= 11 is 0. The molecule has 2 aromatic heterocycles. The minimum Gasteiger partial charge on any atom is -0.508 e. The zero-order valence-electron chi connectivity index (χ0n) is 37.5. The van der Waals surface area contributed by atoms with Crippen LogP contribution in [0, 0.1) is 11.2 Å². The number of nitrogens with two attached hydrogens (primary N) is 1. The van der Waals surface area contributed by atoms with Gasteiger partial charge in [0.25, 0.3) is 5.91 Å². The van der Waals surface area contributed by atoms with E-state index in [-0.39, 0.29) is 47.1 Å². The molecule has 1 aliphatic rings. The van der Waals surface area contributed by atoms with Crippen LogP contribution in [0.5, 0.6) is 11.5 Å². The number of carbonyl (C=O) groups excluding carboxylic acids is 2. The number of H-pyrrole nitrogens is 1. The van der Waals surface area contributed by atoms with Gasteiger partial charge in [-0.3, -0.25) is 19.1 Å². The average Bonchev–Trinajstić information content (AvgIpc) is 3.88. The van der Waals surface area contributed by atoms with Gasteiger partial charge in [0.2, 0.25) is 5.91 Å². The molecule has 0 radical (unpaired) electrons. The van der Waals surface area contributed by atoms with E-state index in [1.807, 2.05) is 40.7 Å². The Balaban J connectivity index is 1.09. The number of hydrogen-bond donors (Lipinski definition) is 8. The third kappa shape index (κ3) is 10.8. The molecule has 1 aliphatic heterocycles. The number of amidine groups is 1. The largest absolute Gasteiger partial charge is 0.508 e. The number of hydrogen-bond acceptors (Lipinski definition) is 10. The molecule has 6 rings (SSSR count). The molecule has 63 heavy (non-hydrogen) atoms. The second kappa shape index (κ2) is 18.9. The molecule has 2 atom stereocenters. The molecule has 334 valence electrons. The molecule has 2 unspecified atom stereocenters. The van der Waals surface area contributed by atoms with Crippen LogP contribution in [0.15, 0.2) is 71.7 Å². The van der Waals surface area contributed by atoms with Crippen LogP contribution in [0.3, 0.4) is 0 Å². The zero-order chi connectivity index (χ0) is 45.8. The van der Waals surface area contributed by atoms with E-state index in [0.717, 1.165) is 22.8 Å². The highest BCUT2D eigenvalue weighted by Gasteiger charge is 2.28. The molecule has 0 fully saturated rings. The number of aromatic amines is 1. The fourth-order valence-corrected chi connectivity index (χ4v) is 6.99. The highest BCUT2D eigenvalue weighted by Crippen LogP contribution is 2.38. The Morgan fingerprint density at radius 3 is 2.35 bits per heavy atom. The second-order valence-electron chi connectivity index (χ2n) is 18.1. The first-order chi connectivity index (χ1) is 29.8. The number of nitrogens with one attached hydrogen (secondary N) is 5. The number of rotatable bonds is 15. The molecule has 0 spiro atoms. The molecule has 5 aromatic rings. The lowest BCUT2D eigenvalue weighted by Crippen LogP contribution is -2.48. The van der Waals surface area contributed by atoms with Crippen molar-refractivity contribution in [3.05, 3.63) is 101 Å². The van der Waals surface area contributed by atoms with Crippen molar-refractivity contribution in [2.24, 2.45) is 16.1 Å². The number of aliphatic imine (C=N–C) groups is 1. The molecular formula is C47H60FN11O4. The van der Waals surface area contributed by atoms with Crippen molar-refractivity contribution in [1.82, 2.24) is 46.0 Å². The third-order valence-electron chi connectivity index (χ3n) is 10.8. The van der Waals surface area contributed by atoms with Crippen LogP contribution in [0.4, 0.5) is 4.39 Å². The van der Waals surface area contributed by atoms with Crippen molar-refractivity contribution in [2.45, 2.75) is 98.7 Å². The summed E-state index contributed by atoms with van der Waals surface area (Å²) in [6.45, 7) is 19.4. The van der Waals surface area contributed by atoms with Gasteiger partial charge in [0.1, 0.15) is 35.0 Å². The van der Waals surface area contributed by atoms with E-state index in [2.05, 4.69) is 57.2 Å². The summed E-state index contributed by atoms with van der Waals surface area (Å²) in [4.78, 5) is 39.9. The van der Waals surface area contributed by atoms with Gasteiger partial charge in [-0.05, 0) is 86.0 Å². The van der Waals surface area contributed by atoms with E-state index in [4.69, 9.17) is 15.7 Å². The van der Waals surface area contributed by atoms with E-state index >= 15 is 0 Å². The molecule has 0 saturated carbocycles. The summed E-state index contributed by atoms with van der Waals surface area (Å²) in [5.74, 6) is 1.08. The van der Waals surface area contributed by atoms with E-state index in [0.29, 0.717) is 71.6 Å². The lowest BCUT2D eigenvalue weighted by atomic mass is 9.93. The van der Waals surface area contributed by atoms with Crippen LogP contribution in [0.2, 0.25) is 0 Å². The summed E-state index contributed by atoms with van der Waals surface area (Å²) < 4.78 is 15.6. The normalized spacial score (nSPS) is 15.6. The molecule has 2 amide bonds. The molecule has 15 nitrogen and oxygen atoms in total. The van der Waals surface area contributed by atoms with Gasteiger partial charge in [0.15, 0.2) is 11.6 Å². The minimum absolute atomic E-state index is 0.00654. The number of halogens is 1. The topological polar surface area (TPSA) is 220 Å². The number of aromatic hydroxyl groups is 2. The Morgan fingerprint density at radius 1 is 1.00 bits per heavy atom.